The van der Waals surface area contributed by atoms with Gasteiger partial charge in [-0.1, -0.05) is 0 Å². The van der Waals surface area contributed by atoms with Crippen LogP contribution in [0.25, 0.3) is 0 Å². The van der Waals surface area contributed by atoms with Gasteiger partial charge in [0, 0.05) is 52.7 Å². The van der Waals surface area contributed by atoms with E-state index in [1.54, 1.807) is 11.9 Å². The van der Waals surface area contributed by atoms with E-state index in [1.807, 2.05) is 30.6 Å². The van der Waals surface area contributed by atoms with E-state index in [9.17, 15) is 14.4 Å². The lowest BCUT2D eigenvalue weighted by Gasteiger charge is -2.35. The van der Waals surface area contributed by atoms with E-state index in [4.69, 9.17) is 4.74 Å². The molecule has 0 aromatic heterocycles. The Kier molecular flexibility index (Phi) is 7.95. The second kappa shape index (κ2) is 9.98. The molecule has 2 aliphatic heterocycles. The van der Waals surface area contributed by atoms with Crippen LogP contribution in [0, 0.1) is 5.92 Å². The van der Waals surface area contributed by atoms with Crippen LogP contribution in [0.4, 0.5) is 9.59 Å². The molecule has 160 valence electrons. The van der Waals surface area contributed by atoms with Crippen LogP contribution in [0.15, 0.2) is 0 Å². The molecule has 2 fully saturated rings. The predicted molar refractivity (Wildman–Crippen MR) is 107 cm³/mol. The summed E-state index contributed by atoms with van der Waals surface area (Å²) in [5, 5.41) is 2.96. The largest absolute Gasteiger partial charge is 0.444 e. The molecule has 4 amide bonds. The zero-order valence-corrected chi connectivity index (χ0v) is 17.8. The molecule has 0 aromatic carbocycles. The molecule has 1 N–H and O–H groups in total. The first-order chi connectivity index (χ1) is 13.2. The fraction of sp³-hybridized carbons (Fsp3) is 0.850. The number of carbonyl (C=O) groups is 3. The van der Waals surface area contributed by atoms with Crippen molar-refractivity contribution >= 4 is 18.0 Å². The summed E-state index contributed by atoms with van der Waals surface area (Å²) in [4.78, 5) is 41.5. The molecule has 0 spiro atoms. The van der Waals surface area contributed by atoms with E-state index in [2.05, 4.69) is 5.32 Å². The Morgan fingerprint density at radius 3 is 2.64 bits per heavy atom. The highest BCUT2D eigenvalue weighted by Gasteiger charge is 2.27. The van der Waals surface area contributed by atoms with E-state index in [0.717, 1.165) is 38.8 Å². The van der Waals surface area contributed by atoms with Crippen molar-refractivity contribution in [1.29, 1.82) is 0 Å². The second-order valence-corrected chi connectivity index (χ2v) is 8.88. The van der Waals surface area contributed by atoms with Crippen molar-refractivity contribution in [3.63, 3.8) is 0 Å². The smallest absolute Gasteiger partial charge is 0.410 e. The summed E-state index contributed by atoms with van der Waals surface area (Å²) < 4.78 is 5.40. The summed E-state index contributed by atoms with van der Waals surface area (Å²) >= 11 is 0. The maximum absolute atomic E-state index is 12.4. The molecule has 2 heterocycles. The fourth-order valence-corrected chi connectivity index (χ4v) is 3.72. The zero-order valence-electron chi connectivity index (χ0n) is 17.8. The van der Waals surface area contributed by atoms with E-state index in [0.29, 0.717) is 32.6 Å². The molecule has 2 aliphatic rings. The molecule has 0 bridgehead atoms. The number of carbonyl (C=O) groups excluding carboxylic acids is 3. The number of hydrogen-bond acceptors (Lipinski definition) is 4. The number of rotatable bonds is 6. The first-order valence-corrected chi connectivity index (χ1v) is 10.4. The minimum Gasteiger partial charge on any atom is -0.444 e. The van der Waals surface area contributed by atoms with Gasteiger partial charge in [0.2, 0.25) is 5.91 Å². The predicted octanol–water partition coefficient (Wildman–Crippen LogP) is 2.29. The highest BCUT2D eigenvalue weighted by Crippen LogP contribution is 2.19. The van der Waals surface area contributed by atoms with Crippen LogP contribution in [0.3, 0.4) is 0 Å². The van der Waals surface area contributed by atoms with Crippen molar-refractivity contribution in [3.8, 4) is 0 Å². The third kappa shape index (κ3) is 7.20. The van der Waals surface area contributed by atoms with Crippen LogP contribution in [-0.4, -0.2) is 84.6 Å². The molecule has 0 aromatic rings. The van der Waals surface area contributed by atoms with Crippen molar-refractivity contribution in [2.24, 2.45) is 5.92 Å². The second-order valence-electron chi connectivity index (χ2n) is 8.88. The molecule has 28 heavy (non-hydrogen) atoms. The SMILES string of the molecule is CN(C[C@@H]1CCCN(C(=O)NCCCN2CCCC2=O)C1)C(=O)OC(C)(C)C. The molecule has 2 saturated heterocycles. The quantitative estimate of drug-likeness (QED) is 0.699. The first kappa shape index (κ1) is 22.3. The molecular weight excluding hydrogens is 360 g/mol. The Bertz CT molecular complexity index is 561. The third-order valence-electron chi connectivity index (χ3n) is 5.10. The van der Waals surface area contributed by atoms with Gasteiger partial charge in [-0.2, -0.15) is 0 Å². The highest BCUT2D eigenvalue weighted by atomic mass is 16.6. The van der Waals surface area contributed by atoms with Crippen molar-refractivity contribution < 1.29 is 19.1 Å². The number of likely N-dealkylation sites (tertiary alicyclic amines) is 2. The third-order valence-corrected chi connectivity index (χ3v) is 5.10. The normalized spacial score (nSPS) is 20.3. The molecule has 0 unspecified atom stereocenters. The van der Waals surface area contributed by atoms with Gasteiger partial charge in [-0.25, -0.2) is 9.59 Å². The van der Waals surface area contributed by atoms with E-state index in [-0.39, 0.29) is 23.9 Å². The molecule has 0 saturated carbocycles. The van der Waals surface area contributed by atoms with Gasteiger partial charge in [-0.05, 0) is 52.4 Å². The van der Waals surface area contributed by atoms with Crippen LogP contribution < -0.4 is 5.32 Å². The van der Waals surface area contributed by atoms with E-state index < -0.39 is 5.60 Å². The fourth-order valence-electron chi connectivity index (χ4n) is 3.72. The maximum atomic E-state index is 12.4. The minimum atomic E-state index is -0.510. The van der Waals surface area contributed by atoms with Crippen LogP contribution in [0.5, 0.6) is 0 Å². The Hall–Kier alpha value is -1.99. The van der Waals surface area contributed by atoms with Crippen LogP contribution in [-0.2, 0) is 9.53 Å². The lowest BCUT2D eigenvalue weighted by atomic mass is 9.98. The summed E-state index contributed by atoms with van der Waals surface area (Å²) in [7, 11) is 1.74. The number of nitrogens with zero attached hydrogens (tertiary/aromatic N) is 3. The molecule has 1 atom stereocenters. The topological polar surface area (TPSA) is 82.2 Å². The molecular formula is C20H36N4O4. The van der Waals surface area contributed by atoms with Gasteiger partial charge >= 0.3 is 12.1 Å². The van der Waals surface area contributed by atoms with Crippen LogP contribution in [0.1, 0.15) is 52.9 Å². The highest BCUT2D eigenvalue weighted by molar-refractivity contribution is 5.78. The first-order valence-electron chi connectivity index (χ1n) is 10.4. The van der Waals surface area contributed by atoms with Crippen molar-refractivity contribution in [3.05, 3.63) is 0 Å². The van der Waals surface area contributed by atoms with Gasteiger partial charge in [0.05, 0.1) is 0 Å². The van der Waals surface area contributed by atoms with Crippen molar-refractivity contribution in [1.82, 2.24) is 20.0 Å². The number of amides is 4. The van der Waals surface area contributed by atoms with Gasteiger partial charge in [0.15, 0.2) is 0 Å². The lowest BCUT2D eigenvalue weighted by Crippen LogP contribution is -2.48. The Morgan fingerprint density at radius 1 is 1.25 bits per heavy atom. The number of piperidine rings is 1. The molecule has 0 radical (unpaired) electrons. The Labute approximate surface area is 168 Å². The van der Waals surface area contributed by atoms with E-state index in [1.165, 1.54) is 0 Å². The molecule has 8 heteroatoms. The zero-order chi connectivity index (χ0) is 20.7. The lowest BCUT2D eigenvalue weighted by molar-refractivity contribution is -0.127. The van der Waals surface area contributed by atoms with Gasteiger partial charge in [0.1, 0.15) is 5.60 Å². The number of nitrogens with one attached hydrogen (secondary N) is 1. The van der Waals surface area contributed by atoms with Crippen molar-refractivity contribution in [2.75, 3.05) is 46.3 Å². The standard InChI is InChI=1S/C20H36N4O4/c1-20(2,3)28-19(27)22(4)14-16-8-5-12-24(15-16)18(26)21-10-7-13-23-11-6-9-17(23)25/h16H,5-15H2,1-4H3,(H,21,26)/t16-/m0/s1. The van der Waals surface area contributed by atoms with Crippen LogP contribution >= 0.6 is 0 Å². The Balaban J connectivity index is 1.69. The number of urea groups is 1. The number of ether oxygens (including phenoxy) is 1. The minimum absolute atomic E-state index is 0.0580. The molecule has 8 nitrogen and oxygen atoms in total. The maximum Gasteiger partial charge on any atom is 0.410 e. The molecule has 2 rings (SSSR count). The summed E-state index contributed by atoms with van der Waals surface area (Å²) in [5.74, 6) is 0.471. The Morgan fingerprint density at radius 2 is 2.00 bits per heavy atom. The summed E-state index contributed by atoms with van der Waals surface area (Å²) in [6, 6.07) is -0.0580. The van der Waals surface area contributed by atoms with Gasteiger partial charge in [-0.15, -0.1) is 0 Å². The van der Waals surface area contributed by atoms with Crippen LogP contribution in [0.2, 0.25) is 0 Å². The van der Waals surface area contributed by atoms with Crippen molar-refractivity contribution in [2.45, 2.75) is 58.5 Å². The van der Waals surface area contributed by atoms with Gasteiger partial charge in [0.25, 0.3) is 0 Å². The number of hydrogen-bond donors (Lipinski definition) is 1. The van der Waals surface area contributed by atoms with Gasteiger partial charge < -0.3 is 24.8 Å². The monoisotopic (exact) mass is 396 g/mol. The van der Waals surface area contributed by atoms with E-state index >= 15 is 0 Å². The summed E-state index contributed by atoms with van der Waals surface area (Å²) in [5.41, 5.74) is -0.510. The summed E-state index contributed by atoms with van der Waals surface area (Å²) in [6.45, 7) is 9.64. The van der Waals surface area contributed by atoms with Gasteiger partial charge in [-0.3, -0.25) is 4.79 Å². The molecule has 0 aliphatic carbocycles. The average Bonchev–Trinajstić information content (AvgIpc) is 3.02. The summed E-state index contributed by atoms with van der Waals surface area (Å²) in [6.07, 6.45) is 3.97. The average molecular weight is 397 g/mol.